The smallest absolute Gasteiger partial charge is 0.303 e. The number of hydrogen-bond donors (Lipinski definition) is 3. The molecule has 0 aromatic rings. The quantitative estimate of drug-likeness (QED) is 0.227. The molecule has 8 heteroatoms. The summed E-state index contributed by atoms with van der Waals surface area (Å²) in [7, 11) is 1.25. The summed E-state index contributed by atoms with van der Waals surface area (Å²) in [5, 5.41) is 31.0. The highest BCUT2D eigenvalue weighted by atomic mass is 17.1. The van der Waals surface area contributed by atoms with Gasteiger partial charge in [-0.2, -0.15) is 4.89 Å². The van der Waals surface area contributed by atoms with Crippen LogP contribution in [0, 0.1) is 28.6 Å². The van der Waals surface area contributed by atoms with E-state index in [4.69, 9.17) is 4.74 Å². The van der Waals surface area contributed by atoms with E-state index in [0.29, 0.717) is 32.1 Å². The van der Waals surface area contributed by atoms with E-state index in [2.05, 4.69) is 11.8 Å². The third-order valence-corrected chi connectivity index (χ3v) is 9.30. The lowest BCUT2D eigenvalue weighted by molar-refractivity contribution is -0.329. The highest BCUT2D eigenvalue weighted by Crippen LogP contribution is 2.68. The van der Waals surface area contributed by atoms with Crippen molar-refractivity contribution in [3.05, 3.63) is 23.3 Å². The summed E-state index contributed by atoms with van der Waals surface area (Å²) in [4.78, 5) is 41.2. The number of aliphatic hydroxyl groups is 1. The van der Waals surface area contributed by atoms with Crippen molar-refractivity contribution in [3.8, 4) is 0 Å². The molecule has 4 aliphatic carbocycles. The number of rotatable bonds is 7. The number of ketones is 2. The maximum atomic E-state index is 13.5. The van der Waals surface area contributed by atoms with E-state index in [1.54, 1.807) is 6.08 Å². The zero-order valence-electron chi connectivity index (χ0n) is 19.5. The van der Waals surface area contributed by atoms with Gasteiger partial charge < -0.3 is 14.9 Å². The molecule has 4 rings (SSSR count). The lowest BCUT2D eigenvalue weighted by atomic mass is 9.45. The molecular weight excluding hydrogens is 428 g/mol. The van der Waals surface area contributed by atoms with Crippen molar-refractivity contribution in [1.29, 1.82) is 0 Å². The number of aliphatic carboxylic acids is 1. The number of carboxylic acids is 1. The van der Waals surface area contributed by atoms with E-state index >= 15 is 0 Å². The van der Waals surface area contributed by atoms with Gasteiger partial charge in [-0.1, -0.05) is 25.5 Å². The Kier molecular flexibility index (Phi) is 6.18. The molecule has 2 saturated carbocycles. The van der Waals surface area contributed by atoms with Gasteiger partial charge in [0.1, 0.15) is 5.60 Å². The maximum absolute atomic E-state index is 13.5. The Hall–Kier alpha value is -1.87. The van der Waals surface area contributed by atoms with Gasteiger partial charge in [-0.25, -0.2) is 5.26 Å². The van der Waals surface area contributed by atoms with Crippen LogP contribution in [-0.4, -0.2) is 52.0 Å². The second-order valence-electron chi connectivity index (χ2n) is 10.7. The van der Waals surface area contributed by atoms with Gasteiger partial charge in [0.25, 0.3) is 6.29 Å². The first kappa shape index (κ1) is 24.3. The van der Waals surface area contributed by atoms with E-state index in [-0.39, 0.29) is 35.9 Å². The number of fused-ring (bicyclic) bond motifs is 5. The van der Waals surface area contributed by atoms with Gasteiger partial charge in [0.15, 0.2) is 11.6 Å². The van der Waals surface area contributed by atoms with Crippen LogP contribution in [0.15, 0.2) is 23.3 Å². The van der Waals surface area contributed by atoms with Crippen LogP contribution in [0.1, 0.15) is 65.2 Å². The fraction of sp³-hybridized carbons (Fsp3) is 0.720. The summed E-state index contributed by atoms with van der Waals surface area (Å²) in [5.41, 5.74) is -0.791. The van der Waals surface area contributed by atoms with Crippen molar-refractivity contribution >= 4 is 17.5 Å². The Morgan fingerprint density at radius 3 is 2.64 bits per heavy atom. The normalized spacial score (nSPS) is 40.8. The molecule has 182 valence electrons. The van der Waals surface area contributed by atoms with Crippen LogP contribution < -0.4 is 0 Å². The Morgan fingerprint density at radius 2 is 2.00 bits per heavy atom. The van der Waals surface area contributed by atoms with Crippen molar-refractivity contribution in [1.82, 2.24) is 0 Å². The molecule has 2 unspecified atom stereocenters. The highest BCUT2D eigenvalue weighted by Gasteiger charge is 2.67. The number of hydrogen-bond acceptors (Lipinski definition) is 7. The predicted molar refractivity (Wildman–Crippen MR) is 117 cm³/mol. The highest BCUT2D eigenvalue weighted by molar-refractivity contribution is 5.93. The van der Waals surface area contributed by atoms with Crippen molar-refractivity contribution in [2.24, 2.45) is 28.6 Å². The van der Waals surface area contributed by atoms with Crippen LogP contribution in [0.3, 0.4) is 0 Å². The first-order chi connectivity index (χ1) is 15.5. The number of carbonyl (C=O) groups excluding carboxylic acids is 2. The van der Waals surface area contributed by atoms with Crippen LogP contribution in [0.2, 0.25) is 0 Å². The summed E-state index contributed by atoms with van der Waals surface area (Å²) in [6.45, 7) is 4.14. The minimum atomic E-state index is -1.54. The van der Waals surface area contributed by atoms with Crippen molar-refractivity contribution in [3.63, 3.8) is 0 Å². The van der Waals surface area contributed by atoms with Gasteiger partial charge >= 0.3 is 5.97 Å². The van der Waals surface area contributed by atoms with Crippen molar-refractivity contribution in [2.75, 3.05) is 7.11 Å². The number of Topliss-reactive ketones (excluding diaryl/α,β-unsaturated/α-hetero) is 1. The first-order valence-electron chi connectivity index (χ1n) is 11.8. The fourth-order valence-corrected chi connectivity index (χ4v) is 7.51. The molecule has 0 aromatic heterocycles. The topological polar surface area (TPSA) is 130 Å². The third kappa shape index (κ3) is 3.53. The zero-order valence-corrected chi connectivity index (χ0v) is 19.5. The molecule has 0 aromatic carbocycles. The summed E-state index contributed by atoms with van der Waals surface area (Å²) in [6, 6.07) is 0. The van der Waals surface area contributed by atoms with Gasteiger partial charge in [-0.3, -0.25) is 14.4 Å². The van der Waals surface area contributed by atoms with Crippen LogP contribution in [0.25, 0.3) is 0 Å². The van der Waals surface area contributed by atoms with Gasteiger partial charge in [-0.15, -0.1) is 0 Å². The lowest BCUT2D eigenvalue weighted by Crippen LogP contribution is -2.63. The molecule has 0 radical (unpaired) electrons. The molecule has 7 atom stereocenters. The third-order valence-electron chi connectivity index (χ3n) is 9.30. The summed E-state index contributed by atoms with van der Waals surface area (Å²) in [6.07, 6.45) is 5.99. The first-order valence-corrected chi connectivity index (χ1v) is 11.8. The van der Waals surface area contributed by atoms with E-state index in [9.17, 15) is 29.9 Å². The molecule has 0 saturated heterocycles. The minimum absolute atomic E-state index is 0.0108. The van der Waals surface area contributed by atoms with E-state index < -0.39 is 35.0 Å². The largest absolute Gasteiger partial charge is 0.481 e. The second-order valence-corrected chi connectivity index (χ2v) is 10.7. The molecule has 0 bridgehead atoms. The minimum Gasteiger partial charge on any atom is -0.481 e. The fourth-order valence-electron chi connectivity index (χ4n) is 7.51. The number of carboxylic acid groups (broad SMARTS) is 1. The molecular formula is C25H34O8. The van der Waals surface area contributed by atoms with Crippen molar-refractivity contribution in [2.45, 2.75) is 77.1 Å². The number of allylic oxidation sites excluding steroid dienone is 3. The molecule has 0 spiro atoms. The van der Waals surface area contributed by atoms with Crippen LogP contribution in [0.4, 0.5) is 0 Å². The number of ether oxygens (including phenoxy) is 1. The molecule has 4 aliphatic rings. The maximum Gasteiger partial charge on any atom is 0.303 e. The second kappa shape index (κ2) is 8.41. The van der Waals surface area contributed by atoms with Crippen LogP contribution >= 0.6 is 0 Å². The average Bonchev–Trinajstić information content (AvgIpc) is 3.10. The Balaban J connectivity index is 1.83. The molecule has 3 N–H and O–H groups in total. The van der Waals surface area contributed by atoms with Crippen molar-refractivity contribution < 1.29 is 39.5 Å². The molecule has 0 heterocycles. The molecule has 33 heavy (non-hydrogen) atoms. The Morgan fingerprint density at radius 1 is 1.27 bits per heavy atom. The van der Waals surface area contributed by atoms with E-state index in [1.165, 1.54) is 7.11 Å². The summed E-state index contributed by atoms with van der Waals surface area (Å²) >= 11 is 0. The van der Waals surface area contributed by atoms with Gasteiger partial charge in [-0.05, 0) is 67.4 Å². The predicted octanol–water partition coefficient (Wildman–Crippen LogP) is 3.29. The molecule has 2 fully saturated rings. The Bertz CT molecular complexity index is 917. The summed E-state index contributed by atoms with van der Waals surface area (Å²) in [5.74, 6) is -2.49. The molecule has 0 aliphatic heterocycles. The van der Waals surface area contributed by atoms with Gasteiger partial charge in [0.05, 0.1) is 5.92 Å². The average molecular weight is 463 g/mol. The van der Waals surface area contributed by atoms with Gasteiger partial charge in [0, 0.05) is 25.4 Å². The lowest BCUT2D eigenvalue weighted by Gasteiger charge is -2.60. The zero-order chi connectivity index (χ0) is 24.2. The number of methoxy groups -OCH3 is 1. The Labute approximate surface area is 193 Å². The van der Waals surface area contributed by atoms with Crippen LogP contribution in [-0.2, 0) is 24.0 Å². The molecule has 8 nitrogen and oxygen atoms in total. The van der Waals surface area contributed by atoms with E-state index in [0.717, 1.165) is 17.6 Å². The van der Waals surface area contributed by atoms with Crippen LogP contribution in [0.5, 0.6) is 0 Å². The monoisotopic (exact) mass is 462 g/mol. The standard InChI is InChI=1S/C25H34O8/c1-23-11-9-19-24(2)10-8-16(26)12-15(24)13-17(21(29)22(32-3)33-31)25(19,30)18(23)6-4-14(23)5-7-20(27)28/h9,12,14,17-18,22,30-31H,4-8,10-11,13H2,1-3H3,(H,27,28)/t14-,17+,18-,22?,23-,24+,25?/m1/s1. The van der Waals surface area contributed by atoms with E-state index in [1.807, 2.05) is 13.0 Å². The molecule has 0 amide bonds. The SMILES string of the molecule is COC(OO)C(=O)[C@@H]1CC2=CC(=O)CC[C@]2(C)C2=CC[C@]3(C)[C@@H](CCC(=O)O)CC[C@H]3C21O. The number of carbonyl (C=O) groups is 3. The van der Waals surface area contributed by atoms with Gasteiger partial charge in [0.2, 0.25) is 0 Å². The summed E-state index contributed by atoms with van der Waals surface area (Å²) < 4.78 is 5.04.